The lowest BCUT2D eigenvalue weighted by Gasteiger charge is -2.20. The highest BCUT2D eigenvalue weighted by Crippen LogP contribution is 2.12. The van der Waals surface area contributed by atoms with Crippen LogP contribution in [0.2, 0.25) is 0 Å². The van der Waals surface area contributed by atoms with E-state index in [1.807, 2.05) is 0 Å². The third-order valence-electron chi connectivity index (χ3n) is 2.37. The van der Waals surface area contributed by atoms with Gasteiger partial charge >= 0.3 is 6.16 Å². The summed E-state index contributed by atoms with van der Waals surface area (Å²) in [6, 6.07) is 0. The molecule has 1 atom stereocenters. The molecule has 1 unspecified atom stereocenters. The van der Waals surface area contributed by atoms with Crippen LogP contribution in [0.15, 0.2) is 12.7 Å². The van der Waals surface area contributed by atoms with E-state index >= 15 is 0 Å². The quantitative estimate of drug-likeness (QED) is 0.501. The fourth-order valence-electron chi connectivity index (χ4n) is 0.833. The number of carbonyl (C=O) groups excluding carboxylic acids is 1. The van der Waals surface area contributed by atoms with E-state index in [-0.39, 0.29) is 0 Å². The maximum Gasteiger partial charge on any atom is 0.509 e. The lowest BCUT2D eigenvalue weighted by atomic mass is 10.1. The minimum atomic E-state index is -0.659. The molecule has 0 spiro atoms. The minimum Gasteiger partial charge on any atom is -0.434 e. The summed E-state index contributed by atoms with van der Waals surface area (Å²) in [5.41, 5.74) is -0.659. The van der Waals surface area contributed by atoms with Gasteiger partial charge in [-0.2, -0.15) is 0 Å². The highest BCUT2D eigenvalue weighted by Gasteiger charge is 2.19. The predicted octanol–water partition coefficient (Wildman–Crippen LogP) is 3.54. The Hall–Kier alpha value is -0.990. The first-order valence-corrected chi connectivity index (χ1v) is 5.40. The van der Waals surface area contributed by atoms with Gasteiger partial charge in [0.2, 0.25) is 0 Å². The zero-order valence-electron chi connectivity index (χ0n) is 10.2. The Bertz CT molecular complexity index is 209. The summed E-state index contributed by atoms with van der Waals surface area (Å²) in [6.45, 7) is 11.8. The Balaban J connectivity index is 3.71. The minimum absolute atomic E-state index is 0.418. The molecule has 88 valence electrons. The van der Waals surface area contributed by atoms with Crippen molar-refractivity contribution < 1.29 is 14.3 Å². The van der Waals surface area contributed by atoms with Gasteiger partial charge in [0.05, 0.1) is 6.61 Å². The van der Waals surface area contributed by atoms with Crippen molar-refractivity contribution in [3.63, 3.8) is 0 Å². The standard InChI is InChI=1S/C12H22O3/c1-6-10(3)8-9-14-11(13)15-12(4,5)7-2/h7,10H,2,6,8-9H2,1,3-5H3. The van der Waals surface area contributed by atoms with E-state index in [0.29, 0.717) is 12.5 Å². The van der Waals surface area contributed by atoms with E-state index in [0.717, 1.165) is 12.8 Å². The molecule has 0 aromatic heterocycles. The first-order valence-electron chi connectivity index (χ1n) is 5.40. The van der Waals surface area contributed by atoms with Crippen molar-refractivity contribution in [3.8, 4) is 0 Å². The zero-order valence-corrected chi connectivity index (χ0v) is 10.2. The largest absolute Gasteiger partial charge is 0.509 e. The monoisotopic (exact) mass is 214 g/mol. The molecule has 15 heavy (non-hydrogen) atoms. The van der Waals surface area contributed by atoms with E-state index in [2.05, 4.69) is 20.4 Å². The Labute approximate surface area is 92.5 Å². The molecule has 0 aliphatic rings. The third-order valence-corrected chi connectivity index (χ3v) is 2.37. The number of rotatable bonds is 6. The van der Waals surface area contributed by atoms with Crippen LogP contribution in [0.4, 0.5) is 4.79 Å². The first-order chi connectivity index (χ1) is 6.91. The van der Waals surface area contributed by atoms with Gasteiger partial charge in [0.15, 0.2) is 0 Å². The van der Waals surface area contributed by atoms with E-state index in [4.69, 9.17) is 9.47 Å². The van der Waals surface area contributed by atoms with Crippen LogP contribution in [0.3, 0.4) is 0 Å². The summed E-state index contributed by atoms with van der Waals surface area (Å²) in [5, 5.41) is 0. The average Bonchev–Trinajstić information content (AvgIpc) is 2.16. The van der Waals surface area contributed by atoms with Crippen molar-refractivity contribution >= 4 is 6.16 Å². The molecule has 0 aliphatic carbocycles. The molecule has 0 aromatic rings. The molecule has 0 radical (unpaired) electrons. The molecule has 0 saturated heterocycles. The van der Waals surface area contributed by atoms with Crippen LogP contribution in [0.25, 0.3) is 0 Å². The van der Waals surface area contributed by atoms with Crippen molar-refractivity contribution in [2.75, 3.05) is 6.61 Å². The summed E-state index contributed by atoms with van der Waals surface area (Å²) >= 11 is 0. The highest BCUT2D eigenvalue weighted by atomic mass is 16.7. The van der Waals surface area contributed by atoms with Crippen molar-refractivity contribution in [2.45, 2.75) is 46.1 Å². The van der Waals surface area contributed by atoms with E-state index in [9.17, 15) is 4.79 Å². The molecule has 0 bridgehead atoms. The molecule has 0 N–H and O–H groups in total. The summed E-state index contributed by atoms with van der Waals surface area (Å²) in [5.74, 6) is 0.574. The maximum absolute atomic E-state index is 11.2. The molecule has 0 aromatic carbocycles. The van der Waals surface area contributed by atoms with Gasteiger partial charge < -0.3 is 9.47 Å². The Kier molecular flexibility index (Phi) is 6.06. The second kappa shape index (κ2) is 6.49. The first kappa shape index (κ1) is 14.0. The van der Waals surface area contributed by atoms with Gasteiger partial charge in [-0.25, -0.2) is 4.79 Å². The smallest absolute Gasteiger partial charge is 0.434 e. The van der Waals surface area contributed by atoms with Gasteiger partial charge in [0.1, 0.15) is 5.60 Å². The Morgan fingerprint density at radius 1 is 1.53 bits per heavy atom. The lowest BCUT2D eigenvalue weighted by Crippen LogP contribution is -2.26. The van der Waals surface area contributed by atoms with Crippen LogP contribution >= 0.6 is 0 Å². The molecule has 0 aliphatic heterocycles. The van der Waals surface area contributed by atoms with Crippen LogP contribution < -0.4 is 0 Å². The van der Waals surface area contributed by atoms with Crippen LogP contribution in [-0.2, 0) is 9.47 Å². The SMILES string of the molecule is C=CC(C)(C)OC(=O)OCCC(C)CC. The van der Waals surface area contributed by atoms with Crippen LogP contribution in [0, 0.1) is 5.92 Å². The van der Waals surface area contributed by atoms with Gasteiger partial charge in [-0.05, 0) is 32.3 Å². The highest BCUT2D eigenvalue weighted by molar-refractivity contribution is 5.60. The molecule has 0 heterocycles. The van der Waals surface area contributed by atoms with E-state index in [1.165, 1.54) is 0 Å². The third kappa shape index (κ3) is 7.00. The summed E-state index contributed by atoms with van der Waals surface area (Å²) < 4.78 is 9.97. The second-order valence-corrected chi connectivity index (χ2v) is 4.31. The Morgan fingerprint density at radius 2 is 2.13 bits per heavy atom. The molecule has 0 rings (SSSR count). The van der Waals surface area contributed by atoms with Gasteiger partial charge in [-0.1, -0.05) is 26.8 Å². The number of ether oxygens (including phenoxy) is 2. The van der Waals surface area contributed by atoms with Gasteiger partial charge in [-0.3, -0.25) is 0 Å². The normalized spacial score (nSPS) is 13.1. The topological polar surface area (TPSA) is 35.5 Å². The number of hydrogen-bond donors (Lipinski definition) is 0. The molecule has 3 nitrogen and oxygen atoms in total. The molecular formula is C12H22O3. The lowest BCUT2D eigenvalue weighted by molar-refractivity contribution is 0.00401. The molecular weight excluding hydrogens is 192 g/mol. The fourth-order valence-corrected chi connectivity index (χ4v) is 0.833. The zero-order chi connectivity index (χ0) is 11.9. The molecule has 0 saturated carbocycles. The molecule has 3 heteroatoms. The second-order valence-electron chi connectivity index (χ2n) is 4.31. The van der Waals surface area contributed by atoms with Crippen molar-refractivity contribution in [2.24, 2.45) is 5.92 Å². The van der Waals surface area contributed by atoms with Gasteiger partial charge in [0.25, 0.3) is 0 Å². The number of hydrogen-bond acceptors (Lipinski definition) is 3. The van der Waals surface area contributed by atoms with Crippen molar-refractivity contribution in [3.05, 3.63) is 12.7 Å². The fraction of sp³-hybridized carbons (Fsp3) is 0.750. The van der Waals surface area contributed by atoms with Crippen molar-refractivity contribution in [1.29, 1.82) is 0 Å². The van der Waals surface area contributed by atoms with Gasteiger partial charge in [0, 0.05) is 0 Å². The number of carbonyl (C=O) groups is 1. The summed E-state index contributed by atoms with van der Waals surface area (Å²) in [4.78, 5) is 11.2. The maximum atomic E-state index is 11.2. The van der Waals surface area contributed by atoms with Crippen LogP contribution in [0.1, 0.15) is 40.5 Å². The average molecular weight is 214 g/mol. The predicted molar refractivity (Wildman–Crippen MR) is 60.8 cm³/mol. The van der Waals surface area contributed by atoms with E-state index in [1.54, 1.807) is 19.9 Å². The summed E-state index contributed by atoms with van der Waals surface area (Å²) in [6.07, 6.45) is 2.92. The molecule has 0 amide bonds. The van der Waals surface area contributed by atoms with Crippen LogP contribution in [0.5, 0.6) is 0 Å². The van der Waals surface area contributed by atoms with Crippen LogP contribution in [-0.4, -0.2) is 18.4 Å². The van der Waals surface area contributed by atoms with Crippen molar-refractivity contribution in [1.82, 2.24) is 0 Å². The van der Waals surface area contributed by atoms with Gasteiger partial charge in [-0.15, -0.1) is 0 Å². The van der Waals surface area contributed by atoms with E-state index < -0.39 is 11.8 Å². The Morgan fingerprint density at radius 3 is 2.60 bits per heavy atom. The molecule has 0 fully saturated rings. The summed E-state index contributed by atoms with van der Waals surface area (Å²) in [7, 11) is 0.